The second-order valence-electron chi connectivity index (χ2n) is 4.80. The van der Waals surface area contributed by atoms with Crippen molar-refractivity contribution in [3.05, 3.63) is 46.9 Å². The standard InChI is InChI=1S/C16H16N2O5/c1-20-7-8-21-10-22-14-4-2-3-11-9-12(5-6-13(11)14)15-17-16(19)23-18-15/h2-6,9H,7-8,10H2,1H3,(H,17,18,19). The number of H-pyrrole nitrogens is 1. The summed E-state index contributed by atoms with van der Waals surface area (Å²) < 4.78 is 20.4. The van der Waals surface area contributed by atoms with Crippen LogP contribution >= 0.6 is 0 Å². The lowest BCUT2D eigenvalue weighted by molar-refractivity contribution is -0.00779. The Balaban J connectivity index is 1.80. The predicted molar refractivity (Wildman–Crippen MR) is 83.4 cm³/mol. The van der Waals surface area contributed by atoms with Crippen LogP contribution in [0.3, 0.4) is 0 Å². The molecule has 3 rings (SSSR count). The van der Waals surface area contributed by atoms with Crippen molar-refractivity contribution >= 4 is 10.8 Å². The Morgan fingerprint density at radius 2 is 2.13 bits per heavy atom. The molecule has 3 aromatic rings. The number of fused-ring (bicyclic) bond motifs is 1. The van der Waals surface area contributed by atoms with Crippen LogP contribution < -0.4 is 10.5 Å². The molecule has 0 amide bonds. The number of ether oxygens (including phenoxy) is 3. The molecule has 1 heterocycles. The molecule has 120 valence electrons. The molecule has 0 saturated carbocycles. The Kier molecular flexibility index (Phi) is 4.70. The number of aromatic nitrogens is 2. The van der Waals surface area contributed by atoms with Gasteiger partial charge in [0.05, 0.1) is 13.2 Å². The third-order valence-corrected chi connectivity index (χ3v) is 3.28. The molecule has 7 heteroatoms. The van der Waals surface area contributed by atoms with Crippen molar-refractivity contribution in [1.82, 2.24) is 10.1 Å². The van der Waals surface area contributed by atoms with Gasteiger partial charge < -0.3 is 14.2 Å². The van der Waals surface area contributed by atoms with Gasteiger partial charge in [0.2, 0.25) is 0 Å². The first-order valence-electron chi connectivity index (χ1n) is 7.06. The number of aromatic amines is 1. The monoisotopic (exact) mass is 316 g/mol. The topological polar surface area (TPSA) is 86.6 Å². The summed E-state index contributed by atoms with van der Waals surface area (Å²) in [4.78, 5) is 13.6. The maximum atomic E-state index is 11.0. The van der Waals surface area contributed by atoms with Gasteiger partial charge in [0.15, 0.2) is 12.6 Å². The van der Waals surface area contributed by atoms with Crippen LogP contribution in [0, 0.1) is 0 Å². The van der Waals surface area contributed by atoms with E-state index < -0.39 is 5.76 Å². The number of nitrogens with one attached hydrogen (secondary N) is 1. The fourth-order valence-electron chi connectivity index (χ4n) is 2.19. The highest BCUT2D eigenvalue weighted by molar-refractivity contribution is 5.91. The Morgan fingerprint density at radius 1 is 1.22 bits per heavy atom. The molecule has 2 aromatic carbocycles. The van der Waals surface area contributed by atoms with E-state index in [-0.39, 0.29) is 6.79 Å². The Morgan fingerprint density at radius 3 is 2.91 bits per heavy atom. The molecule has 0 radical (unpaired) electrons. The van der Waals surface area contributed by atoms with Crippen LogP contribution in [0.2, 0.25) is 0 Å². The fraction of sp³-hybridized carbons (Fsp3) is 0.250. The van der Waals surface area contributed by atoms with Crippen LogP contribution in [-0.2, 0) is 9.47 Å². The molecule has 0 aliphatic carbocycles. The molecule has 23 heavy (non-hydrogen) atoms. The van der Waals surface area contributed by atoms with E-state index in [2.05, 4.69) is 14.7 Å². The zero-order valence-corrected chi connectivity index (χ0v) is 12.6. The van der Waals surface area contributed by atoms with Crippen LogP contribution in [0.15, 0.2) is 45.7 Å². The lowest BCUT2D eigenvalue weighted by Crippen LogP contribution is -2.07. The van der Waals surface area contributed by atoms with Crippen LogP contribution in [0.25, 0.3) is 22.2 Å². The van der Waals surface area contributed by atoms with Gasteiger partial charge in [-0.2, -0.15) is 0 Å². The quantitative estimate of drug-likeness (QED) is 0.531. The summed E-state index contributed by atoms with van der Waals surface area (Å²) >= 11 is 0. The SMILES string of the molecule is COCCOCOc1cccc2cc(-c3noc(=O)[nH]3)ccc12. The summed E-state index contributed by atoms with van der Waals surface area (Å²) in [5.41, 5.74) is 0.761. The van der Waals surface area contributed by atoms with E-state index in [9.17, 15) is 4.79 Å². The van der Waals surface area contributed by atoms with Crippen molar-refractivity contribution in [1.29, 1.82) is 0 Å². The number of benzene rings is 2. The van der Waals surface area contributed by atoms with E-state index in [0.717, 1.165) is 22.1 Å². The van der Waals surface area contributed by atoms with Gasteiger partial charge in [-0.25, -0.2) is 4.79 Å². The van der Waals surface area contributed by atoms with Gasteiger partial charge in [-0.3, -0.25) is 9.51 Å². The Labute approximate surface area is 131 Å². The van der Waals surface area contributed by atoms with Crippen LogP contribution in [0.5, 0.6) is 5.75 Å². The van der Waals surface area contributed by atoms with Gasteiger partial charge in [-0.05, 0) is 23.6 Å². The van der Waals surface area contributed by atoms with E-state index >= 15 is 0 Å². The first-order valence-corrected chi connectivity index (χ1v) is 7.06. The van der Waals surface area contributed by atoms with Gasteiger partial charge in [0.1, 0.15) is 5.75 Å². The summed E-state index contributed by atoms with van der Waals surface area (Å²) in [5, 5.41) is 5.59. The normalized spacial score (nSPS) is 11.0. The van der Waals surface area contributed by atoms with Crippen LogP contribution in [0.4, 0.5) is 0 Å². The van der Waals surface area contributed by atoms with Crippen LogP contribution in [-0.4, -0.2) is 37.3 Å². The molecule has 0 aliphatic heterocycles. The highest BCUT2D eigenvalue weighted by atomic mass is 16.7. The maximum Gasteiger partial charge on any atom is 0.439 e. The molecule has 0 unspecified atom stereocenters. The van der Waals surface area contributed by atoms with Crippen LogP contribution in [0.1, 0.15) is 0 Å². The van der Waals surface area contributed by atoms with Crippen molar-refractivity contribution in [3.63, 3.8) is 0 Å². The highest BCUT2D eigenvalue weighted by Crippen LogP contribution is 2.28. The number of methoxy groups -OCH3 is 1. The van der Waals surface area contributed by atoms with Gasteiger partial charge in [0, 0.05) is 18.1 Å². The molecule has 0 atom stereocenters. The molecule has 1 aromatic heterocycles. The molecule has 7 nitrogen and oxygen atoms in total. The Bertz CT molecular complexity index is 840. The number of rotatable bonds is 7. The summed E-state index contributed by atoms with van der Waals surface area (Å²) in [6, 6.07) is 11.4. The van der Waals surface area contributed by atoms with Gasteiger partial charge in [-0.1, -0.05) is 23.4 Å². The van der Waals surface area contributed by atoms with Crippen molar-refractivity contribution in [2.45, 2.75) is 0 Å². The summed E-state index contributed by atoms with van der Waals surface area (Å²) in [6.07, 6.45) is 0. The molecule has 0 bridgehead atoms. The van der Waals surface area contributed by atoms with E-state index in [1.54, 1.807) is 7.11 Å². The smallest absolute Gasteiger partial charge is 0.439 e. The molecule has 1 N–H and O–H groups in total. The molecular formula is C16H16N2O5. The molecule has 0 aliphatic rings. The average Bonchev–Trinajstić information content (AvgIpc) is 3.01. The number of hydrogen-bond acceptors (Lipinski definition) is 6. The largest absolute Gasteiger partial charge is 0.467 e. The second-order valence-corrected chi connectivity index (χ2v) is 4.80. The first-order chi connectivity index (χ1) is 11.3. The lowest BCUT2D eigenvalue weighted by atomic mass is 10.1. The van der Waals surface area contributed by atoms with Crippen molar-refractivity contribution in [3.8, 4) is 17.1 Å². The highest BCUT2D eigenvalue weighted by Gasteiger charge is 2.07. The molecular weight excluding hydrogens is 300 g/mol. The summed E-state index contributed by atoms with van der Waals surface area (Å²) in [5.74, 6) is 0.539. The average molecular weight is 316 g/mol. The van der Waals surface area contributed by atoms with E-state index in [0.29, 0.717) is 19.0 Å². The van der Waals surface area contributed by atoms with Gasteiger partial charge >= 0.3 is 5.76 Å². The van der Waals surface area contributed by atoms with Crippen molar-refractivity contribution in [2.75, 3.05) is 27.1 Å². The minimum Gasteiger partial charge on any atom is -0.467 e. The van der Waals surface area contributed by atoms with Gasteiger partial charge in [0.25, 0.3) is 0 Å². The molecule has 0 fully saturated rings. The lowest BCUT2D eigenvalue weighted by Gasteiger charge is -2.10. The summed E-state index contributed by atoms with van der Waals surface area (Å²) in [7, 11) is 1.62. The minimum atomic E-state index is -0.578. The maximum absolute atomic E-state index is 11.0. The van der Waals surface area contributed by atoms with E-state index in [1.165, 1.54) is 0 Å². The number of nitrogens with zero attached hydrogens (tertiary/aromatic N) is 1. The first kappa shape index (κ1) is 15.3. The molecule has 0 saturated heterocycles. The predicted octanol–water partition coefficient (Wildman–Crippen LogP) is 2.18. The van der Waals surface area contributed by atoms with E-state index in [1.807, 2.05) is 36.4 Å². The van der Waals surface area contributed by atoms with Crippen molar-refractivity contribution < 1.29 is 18.7 Å². The third-order valence-electron chi connectivity index (χ3n) is 3.28. The minimum absolute atomic E-state index is 0.154. The number of hydrogen-bond donors (Lipinski definition) is 1. The Hall–Kier alpha value is -2.64. The zero-order chi connectivity index (χ0) is 16.1. The zero-order valence-electron chi connectivity index (χ0n) is 12.6. The van der Waals surface area contributed by atoms with E-state index in [4.69, 9.17) is 14.2 Å². The fourth-order valence-corrected chi connectivity index (χ4v) is 2.19. The second kappa shape index (κ2) is 7.08. The molecule has 0 spiro atoms. The van der Waals surface area contributed by atoms with Crippen molar-refractivity contribution in [2.24, 2.45) is 0 Å². The summed E-state index contributed by atoms with van der Waals surface area (Å²) in [6.45, 7) is 1.16. The third kappa shape index (κ3) is 3.58. The van der Waals surface area contributed by atoms with Gasteiger partial charge in [-0.15, -0.1) is 0 Å².